The average molecular weight is 736 g/mol. The Balaban J connectivity index is 1.19. The van der Waals surface area contributed by atoms with Crippen molar-refractivity contribution in [2.24, 2.45) is 0 Å². The topological polar surface area (TPSA) is 112 Å². The Morgan fingerprint density at radius 1 is 0.804 bits per heavy atom. The summed E-state index contributed by atoms with van der Waals surface area (Å²) in [5.74, 6) is 1.28. The molecule has 0 bridgehead atoms. The van der Waals surface area contributed by atoms with Gasteiger partial charge in [-0.1, -0.05) is 121 Å². The molecule has 0 unspecified atom stereocenters. The van der Waals surface area contributed by atoms with Crippen LogP contribution in [0.5, 0.6) is 0 Å². The average Bonchev–Trinajstić information content (AvgIpc) is 3.89. The lowest BCUT2D eigenvalue weighted by Crippen LogP contribution is -2.39. The lowest BCUT2D eigenvalue weighted by Gasteiger charge is -2.34. The molecule has 0 saturated carbocycles. The van der Waals surface area contributed by atoms with Crippen molar-refractivity contribution in [3.8, 4) is 22.7 Å². The predicted molar refractivity (Wildman–Crippen MR) is 198 cm³/mol. The summed E-state index contributed by atoms with van der Waals surface area (Å²) in [4.78, 5) is 21.7. The quantitative estimate of drug-likeness (QED) is 0.116. The third-order valence-electron chi connectivity index (χ3n) is 8.97. The first-order chi connectivity index (χ1) is 24.9. The number of imidazole rings is 1. The minimum absolute atomic E-state index is 0.0921. The van der Waals surface area contributed by atoms with Crippen molar-refractivity contribution < 1.29 is 13.9 Å². The molecule has 0 amide bonds. The fraction of sp³-hybridized carbons (Fsp3) is 0.0976. The third kappa shape index (κ3) is 5.73. The van der Waals surface area contributed by atoms with E-state index in [-0.39, 0.29) is 6.61 Å². The standard InChI is InChI=1S/C41H31BrN6O3/c1-26-37(44-27(2)43-26)40(49)50-25-28-22-23-35-34(24-28)36(42)38(51-35)32-20-12-13-21-33(32)39-45-47-48(46-39)41(29-14-6-3-7-15-29,30-16-8-4-9-17-30)31-18-10-5-11-19-31/h3-24H,25H2,1-2H3,(H,43,44). The molecule has 250 valence electrons. The van der Waals surface area contributed by atoms with Crippen molar-refractivity contribution in [3.63, 3.8) is 0 Å². The van der Waals surface area contributed by atoms with Crippen LogP contribution in [0, 0.1) is 13.8 Å². The van der Waals surface area contributed by atoms with Crippen LogP contribution in [-0.4, -0.2) is 36.1 Å². The molecule has 10 heteroatoms. The van der Waals surface area contributed by atoms with Gasteiger partial charge in [0, 0.05) is 16.5 Å². The summed E-state index contributed by atoms with van der Waals surface area (Å²) in [5, 5.41) is 15.4. The molecule has 9 nitrogen and oxygen atoms in total. The van der Waals surface area contributed by atoms with Gasteiger partial charge in [0.1, 0.15) is 29.5 Å². The molecule has 3 heterocycles. The van der Waals surface area contributed by atoms with Gasteiger partial charge in [0.25, 0.3) is 0 Å². The Hall–Kier alpha value is -6.13. The van der Waals surface area contributed by atoms with E-state index in [1.807, 2.05) is 97.1 Å². The highest BCUT2D eigenvalue weighted by Gasteiger charge is 2.41. The number of nitrogens with zero attached hydrogens (tertiary/aromatic N) is 5. The van der Waals surface area contributed by atoms with E-state index in [1.54, 1.807) is 18.6 Å². The van der Waals surface area contributed by atoms with E-state index in [1.165, 1.54) is 0 Å². The first-order valence-corrected chi connectivity index (χ1v) is 17.2. The number of rotatable bonds is 9. The highest BCUT2D eigenvalue weighted by molar-refractivity contribution is 9.10. The number of aromatic nitrogens is 6. The molecular weight excluding hydrogens is 704 g/mol. The van der Waals surface area contributed by atoms with Gasteiger partial charge in [0.05, 0.1) is 10.2 Å². The number of hydrogen-bond donors (Lipinski definition) is 1. The lowest BCUT2D eigenvalue weighted by atomic mass is 9.77. The Kier molecular flexibility index (Phi) is 8.37. The molecule has 0 atom stereocenters. The third-order valence-corrected chi connectivity index (χ3v) is 9.76. The molecule has 5 aromatic carbocycles. The number of esters is 1. The van der Waals surface area contributed by atoms with Gasteiger partial charge in [0.2, 0.25) is 5.82 Å². The molecule has 51 heavy (non-hydrogen) atoms. The van der Waals surface area contributed by atoms with Crippen LogP contribution < -0.4 is 0 Å². The van der Waals surface area contributed by atoms with E-state index in [4.69, 9.17) is 19.5 Å². The van der Waals surface area contributed by atoms with E-state index in [0.29, 0.717) is 34.4 Å². The van der Waals surface area contributed by atoms with Crippen molar-refractivity contribution in [1.82, 2.24) is 30.2 Å². The maximum atomic E-state index is 12.7. The Labute approximate surface area is 302 Å². The van der Waals surface area contributed by atoms with E-state index in [2.05, 4.69) is 67.4 Å². The molecule has 0 spiro atoms. The fourth-order valence-electron chi connectivity index (χ4n) is 6.63. The summed E-state index contributed by atoms with van der Waals surface area (Å²) in [6.45, 7) is 3.67. The number of carbonyl (C=O) groups excluding carboxylic acids is 1. The van der Waals surface area contributed by atoms with E-state index < -0.39 is 11.5 Å². The molecule has 0 aliphatic rings. The minimum atomic E-state index is -0.904. The number of furan rings is 1. The number of hydrogen-bond acceptors (Lipinski definition) is 7. The summed E-state index contributed by atoms with van der Waals surface area (Å²) < 4.78 is 12.8. The van der Waals surface area contributed by atoms with Crippen LogP contribution >= 0.6 is 15.9 Å². The molecule has 0 saturated heterocycles. The SMILES string of the molecule is Cc1nc(C)c(C(=O)OCc2ccc3oc(-c4ccccc4-c4nnn(C(c5ccccc5)(c5ccccc5)c5ccccc5)n4)c(Br)c3c2)[nH]1. The van der Waals surface area contributed by atoms with Gasteiger partial charge in [-0.15, -0.1) is 15.0 Å². The summed E-state index contributed by atoms with van der Waals surface area (Å²) in [7, 11) is 0. The van der Waals surface area contributed by atoms with E-state index >= 15 is 0 Å². The Bertz CT molecular complexity index is 2390. The summed E-state index contributed by atoms with van der Waals surface area (Å²) >= 11 is 3.81. The predicted octanol–water partition coefficient (Wildman–Crippen LogP) is 9.05. The normalized spacial score (nSPS) is 11.6. The number of aromatic amines is 1. The second kappa shape index (κ2) is 13.3. The second-order valence-corrected chi connectivity index (χ2v) is 13.0. The zero-order valence-corrected chi connectivity index (χ0v) is 29.3. The minimum Gasteiger partial charge on any atom is -0.456 e. The molecule has 0 radical (unpaired) electrons. The number of ether oxygens (including phenoxy) is 1. The van der Waals surface area contributed by atoms with E-state index in [9.17, 15) is 4.79 Å². The molecule has 0 aliphatic carbocycles. The first-order valence-electron chi connectivity index (χ1n) is 16.4. The molecule has 0 fully saturated rings. The number of H-pyrrole nitrogens is 1. The molecule has 1 N–H and O–H groups in total. The number of aryl methyl sites for hydroxylation is 2. The van der Waals surface area contributed by atoms with Crippen molar-refractivity contribution in [2.45, 2.75) is 26.0 Å². The summed E-state index contributed by atoms with van der Waals surface area (Å²) in [6.07, 6.45) is 0. The number of tetrazole rings is 1. The van der Waals surface area contributed by atoms with Crippen LogP contribution in [0.2, 0.25) is 0 Å². The Morgan fingerprint density at radius 3 is 1.98 bits per heavy atom. The summed E-state index contributed by atoms with van der Waals surface area (Å²) in [5.41, 5.74) is 6.09. The van der Waals surface area contributed by atoms with Gasteiger partial charge in [-0.05, 0) is 69.4 Å². The largest absolute Gasteiger partial charge is 0.456 e. The highest BCUT2D eigenvalue weighted by atomic mass is 79.9. The number of fused-ring (bicyclic) bond motifs is 1. The number of nitrogens with one attached hydrogen (secondary N) is 1. The van der Waals surface area contributed by atoms with E-state index in [0.717, 1.165) is 43.2 Å². The fourth-order valence-corrected chi connectivity index (χ4v) is 7.23. The van der Waals surface area contributed by atoms with Gasteiger partial charge in [-0.25, -0.2) is 9.78 Å². The van der Waals surface area contributed by atoms with Gasteiger partial charge in [-0.2, -0.15) is 0 Å². The maximum absolute atomic E-state index is 12.7. The van der Waals surface area contributed by atoms with Crippen molar-refractivity contribution >= 4 is 32.9 Å². The van der Waals surface area contributed by atoms with Crippen LogP contribution in [0.3, 0.4) is 0 Å². The van der Waals surface area contributed by atoms with Crippen LogP contribution in [0.15, 0.2) is 142 Å². The molecule has 0 aliphatic heterocycles. The highest BCUT2D eigenvalue weighted by Crippen LogP contribution is 2.43. The van der Waals surface area contributed by atoms with Crippen LogP contribution in [0.4, 0.5) is 0 Å². The van der Waals surface area contributed by atoms with Crippen LogP contribution in [-0.2, 0) is 16.9 Å². The molecule has 3 aromatic heterocycles. The first kappa shape index (κ1) is 32.1. The molecular formula is C41H31BrN6O3. The lowest BCUT2D eigenvalue weighted by molar-refractivity contribution is 0.0465. The smallest absolute Gasteiger partial charge is 0.357 e. The van der Waals surface area contributed by atoms with Gasteiger partial charge in [0.15, 0.2) is 5.54 Å². The second-order valence-electron chi connectivity index (χ2n) is 12.2. The maximum Gasteiger partial charge on any atom is 0.357 e. The zero-order chi connectivity index (χ0) is 35.0. The van der Waals surface area contributed by atoms with Crippen LogP contribution in [0.25, 0.3) is 33.7 Å². The van der Waals surface area contributed by atoms with Gasteiger partial charge < -0.3 is 14.1 Å². The monoisotopic (exact) mass is 734 g/mol. The number of benzene rings is 5. The summed E-state index contributed by atoms with van der Waals surface area (Å²) in [6, 6.07) is 44.3. The van der Waals surface area contributed by atoms with Gasteiger partial charge in [-0.3, -0.25) is 0 Å². The van der Waals surface area contributed by atoms with Crippen molar-refractivity contribution in [2.75, 3.05) is 0 Å². The number of carbonyl (C=O) groups is 1. The van der Waals surface area contributed by atoms with Crippen molar-refractivity contribution in [3.05, 3.63) is 177 Å². The molecule has 8 aromatic rings. The van der Waals surface area contributed by atoms with Crippen LogP contribution in [0.1, 0.15) is 44.3 Å². The van der Waals surface area contributed by atoms with Gasteiger partial charge >= 0.3 is 5.97 Å². The molecule has 8 rings (SSSR count). The Morgan fingerprint density at radius 2 is 1.39 bits per heavy atom. The zero-order valence-electron chi connectivity index (χ0n) is 27.7. The van der Waals surface area contributed by atoms with Crippen molar-refractivity contribution in [1.29, 1.82) is 0 Å². The number of halogens is 1.